The number of hydrogen-bond acceptors (Lipinski definition) is 2. The van der Waals surface area contributed by atoms with Crippen LogP contribution in [-0.2, 0) is 5.41 Å². The minimum absolute atomic E-state index is 0.109. The molecule has 0 saturated heterocycles. The van der Waals surface area contributed by atoms with E-state index >= 15 is 0 Å². The number of benzene rings is 5. The Morgan fingerprint density at radius 2 is 1.20 bits per heavy atom. The number of nitrogens with zero attached hydrogens (tertiary/aromatic N) is 1. The number of allylic oxidation sites excluding steroid dienone is 4. The summed E-state index contributed by atoms with van der Waals surface area (Å²) in [5.41, 5.74) is 8.74. The molecule has 0 radical (unpaired) electrons. The Bertz CT molecular complexity index is 1770. The minimum Gasteiger partial charge on any atom is -0.344 e. The number of hydrogen-bond donors (Lipinski definition) is 0. The van der Waals surface area contributed by atoms with E-state index in [-0.39, 0.29) is 5.78 Å². The third kappa shape index (κ3) is 4.11. The van der Waals surface area contributed by atoms with Crippen molar-refractivity contribution in [3.05, 3.63) is 178 Å². The Morgan fingerprint density at radius 3 is 1.80 bits per heavy atom. The van der Waals surface area contributed by atoms with E-state index in [4.69, 9.17) is 0 Å². The first kappa shape index (κ1) is 25.5. The van der Waals surface area contributed by atoms with Gasteiger partial charge in [-0.2, -0.15) is 0 Å². The van der Waals surface area contributed by atoms with Gasteiger partial charge in [-0.05, 0) is 57.7 Å². The maximum absolute atomic E-state index is 15.0. The molecule has 1 aliphatic carbocycles. The largest absolute Gasteiger partial charge is 0.344 e. The second-order valence-corrected chi connectivity index (χ2v) is 11.6. The van der Waals surface area contributed by atoms with Gasteiger partial charge in [-0.1, -0.05) is 137 Å². The van der Waals surface area contributed by atoms with Gasteiger partial charge < -0.3 is 4.90 Å². The molecule has 3 heteroatoms. The van der Waals surface area contributed by atoms with Gasteiger partial charge in [-0.3, -0.25) is 4.79 Å². The van der Waals surface area contributed by atoms with Gasteiger partial charge in [-0.25, -0.2) is 0 Å². The lowest BCUT2D eigenvalue weighted by Crippen LogP contribution is -2.45. The van der Waals surface area contributed by atoms with Crippen LogP contribution >= 0.6 is 15.9 Å². The molecule has 0 N–H and O–H groups in total. The highest BCUT2D eigenvalue weighted by Crippen LogP contribution is 2.59. The number of fused-ring (bicyclic) bond motifs is 4. The molecule has 0 aromatic heterocycles. The summed E-state index contributed by atoms with van der Waals surface area (Å²) in [6.45, 7) is 0. The molecule has 41 heavy (non-hydrogen) atoms. The van der Waals surface area contributed by atoms with Gasteiger partial charge in [0.15, 0.2) is 5.78 Å². The molecule has 2 nitrogen and oxygen atoms in total. The van der Waals surface area contributed by atoms with E-state index in [1.54, 1.807) is 0 Å². The van der Waals surface area contributed by atoms with Gasteiger partial charge >= 0.3 is 0 Å². The monoisotopic (exact) mass is 593 g/mol. The zero-order chi connectivity index (χ0) is 28.0. The molecule has 0 saturated carbocycles. The van der Waals surface area contributed by atoms with Crippen molar-refractivity contribution in [2.24, 2.45) is 5.92 Å². The Hall–Kier alpha value is -4.47. The molecule has 1 unspecified atom stereocenters. The molecule has 0 fully saturated rings. The summed E-state index contributed by atoms with van der Waals surface area (Å²) in [5.74, 6) is -0.383. The van der Waals surface area contributed by atoms with Gasteiger partial charge in [0.1, 0.15) is 0 Å². The molecule has 1 heterocycles. The molecule has 7 rings (SSSR count). The lowest BCUT2D eigenvalue weighted by atomic mass is 9.55. The first-order valence-electron chi connectivity index (χ1n) is 13.9. The van der Waals surface area contributed by atoms with E-state index in [9.17, 15) is 4.79 Å². The molecule has 1 aliphatic heterocycles. The smallest absolute Gasteiger partial charge is 0.171 e. The molecule has 198 valence electrons. The number of ketones is 1. The van der Waals surface area contributed by atoms with E-state index in [1.807, 2.05) is 36.4 Å². The van der Waals surface area contributed by atoms with Crippen LogP contribution in [0.15, 0.2) is 150 Å². The zero-order valence-electron chi connectivity index (χ0n) is 22.7. The molecular formula is C38H28BrNO. The summed E-state index contributed by atoms with van der Waals surface area (Å²) in [4.78, 5) is 17.2. The lowest BCUT2D eigenvalue weighted by Gasteiger charge is -2.49. The van der Waals surface area contributed by atoms with Crippen LogP contribution in [0.4, 0.5) is 11.4 Å². The van der Waals surface area contributed by atoms with Crippen LogP contribution in [0.5, 0.6) is 0 Å². The molecule has 5 aromatic rings. The SMILES string of the molecule is CN1c2ccccc2C2(C=C(c3ccccc3)C=C(c3ccc(Br)cc3)C2C(=O)c2ccccc2)c2ccccc21. The predicted octanol–water partition coefficient (Wildman–Crippen LogP) is 9.50. The van der Waals surface area contributed by atoms with Gasteiger partial charge in [0.2, 0.25) is 0 Å². The highest BCUT2D eigenvalue weighted by Gasteiger charge is 2.52. The van der Waals surface area contributed by atoms with Crippen molar-refractivity contribution in [1.82, 2.24) is 0 Å². The van der Waals surface area contributed by atoms with Crippen LogP contribution in [0.25, 0.3) is 11.1 Å². The maximum atomic E-state index is 15.0. The zero-order valence-corrected chi connectivity index (χ0v) is 24.3. The van der Waals surface area contributed by atoms with Crippen LogP contribution in [0, 0.1) is 5.92 Å². The number of rotatable bonds is 4. The minimum atomic E-state index is -0.741. The van der Waals surface area contributed by atoms with Crippen molar-refractivity contribution >= 4 is 44.2 Å². The van der Waals surface area contributed by atoms with E-state index < -0.39 is 11.3 Å². The lowest BCUT2D eigenvalue weighted by molar-refractivity contribution is 0.0924. The highest BCUT2D eigenvalue weighted by atomic mass is 79.9. The Kier molecular flexibility index (Phi) is 6.33. The Balaban J connectivity index is 1.62. The fourth-order valence-corrected chi connectivity index (χ4v) is 6.91. The topological polar surface area (TPSA) is 20.3 Å². The van der Waals surface area contributed by atoms with Crippen molar-refractivity contribution < 1.29 is 4.79 Å². The number of carbonyl (C=O) groups is 1. The number of carbonyl (C=O) groups excluding carboxylic acids is 1. The quantitative estimate of drug-likeness (QED) is 0.193. The average Bonchev–Trinajstić information content (AvgIpc) is 3.04. The van der Waals surface area contributed by atoms with Crippen molar-refractivity contribution in [2.75, 3.05) is 11.9 Å². The van der Waals surface area contributed by atoms with Crippen LogP contribution in [0.3, 0.4) is 0 Å². The molecule has 0 amide bonds. The van der Waals surface area contributed by atoms with Crippen molar-refractivity contribution in [1.29, 1.82) is 0 Å². The van der Waals surface area contributed by atoms with Gasteiger partial charge in [-0.15, -0.1) is 0 Å². The molecule has 2 aliphatic rings. The second-order valence-electron chi connectivity index (χ2n) is 10.7. The molecule has 0 bridgehead atoms. The Morgan fingerprint density at radius 1 is 0.659 bits per heavy atom. The highest BCUT2D eigenvalue weighted by molar-refractivity contribution is 9.10. The second kappa shape index (κ2) is 10.2. The van der Waals surface area contributed by atoms with Gasteiger partial charge in [0.25, 0.3) is 0 Å². The van der Waals surface area contributed by atoms with E-state index in [2.05, 4.69) is 137 Å². The predicted molar refractivity (Wildman–Crippen MR) is 173 cm³/mol. The van der Waals surface area contributed by atoms with Crippen LogP contribution < -0.4 is 4.90 Å². The molecular weight excluding hydrogens is 566 g/mol. The van der Waals surface area contributed by atoms with E-state index in [0.717, 1.165) is 49.2 Å². The summed E-state index contributed by atoms with van der Waals surface area (Å²) in [6, 6.07) is 45.7. The fourth-order valence-electron chi connectivity index (χ4n) is 6.65. The summed E-state index contributed by atoms with van der Waals surface area (Å²) < 4.78 is 1.01. The van der Waals surface area contributed by atoms with Crippen molar-refractivity contribution in [3.63, 3.8) is 0 Å². The van der Waals surface area contributed by atoms with Crippen molar-refractivity contribution in [2.45, 2.75) is 5.41 Å². The summed E-state index contributed by atoms with van der Waals surface area (Å²) in [6.07, 6.45) is 4.60. The number of Topliss-reactive ketones (excluding diaryl/α,β-unsaturated/α-hetero) is 1. The van der Waals surface area contributed by atoms with Gasteiger partial charge in [0, 0.05) is 28.5 Å². The molecule has 1 spiro atoms. The standard InChI is InChI=1S/C38H28BrNO/c1-40-34-18-10-8-16-32(34)38(33-17-9-11-19-35(33)40)25-29(26-12-4-2-5-13-26)24-31(27-20-22-30(39)23-21-27)36(38)37(41)28-14-6-3-7-15-28/h2-25,36H,1H3. The number of anilines is 2. The molecule has 5 aromatic carbocycles. The Labute approximate surface area is 249 Å². The van der Waals surface area contributed by atoms with E-state index in [0.29, 0.717) is 5.56 Å². The summed E-state index contributed by atoms with van der Waals surface area (Å²) >= 11 is 3.61. The fraction of sp³-hybridized carbons (Fsp3) is 0.0789. The van der Waals surface area contributed by atoms with Gasteiger partial charge in [0.05, 0.1) is 11.3 Å². The third-order valence-corrected chi connectivity index (χ3v) is 9.02. The maximum Gasteiger partial charge on any atom is 0.171 e. The summed E-state index contributed by atoms with van der Waals surface area (Å²) in [5, 5.41) is 0. The average molecular weight is 595 g/mol. The third-order valence-electron chi connectivity index (χ3n) is 8.49. The normalized spacial score (nSPS) is 16.8. The molecule has 1 atom stereocenters. The summed E-state index contributed by atoms with van der Waals surface area (Å²) in [7, 11) is 2.12. The van der Waals surface area contributed by atoms with Crippen molar-refractivity contribution in [3.8, 4) is 0 Å². The first-order valence-corrected chi connectivity index (χ1v) is 14.6. The van der Waals surface area contributed by atoms with Crippen LogP contribution in [0.2, 0.25) is 0 Å². The van der Waals surface area contributed by atoms with Crippen LogP contribution in [-0.4, -0.2) is 12.8 Å². The van der Waals surface area contributed by atoms with Crippen LogP contribution in [0.1, 0.15) is 32.6 Å². The number of para-hydroxylation sites is 2. The number of halogens is 1. The first-order chi connectivity index (χ1) is 20.1. The van der Waals surface area contributed by atoms with E-state index in [1.165, 1.54) is 0 Å².